The van der Waals surface area contributed by atoms with Crippen LogP contribution in [0.25, 0.3) is 0 Å². The van der Waals surface area contributed by atoms with E-state index >= 15 is 0 Å². The van der Waals surface area contributed by atoms with Crippen LogP contribution < -0.4 is 16.0 Å². The Morgan fingerprint density at radius 3 is 2.92 bits per heavy atom. The number of hydrogen-bond acceptors (Lipinski definition) is 5. The van der Waals surface area contributed by atoms with Crippen LogP contribution in [0.15, 0.2) is 12.3 Å². The summed E-state index contributed by atoms with van der Waals surface area (Å²) in [5, 5.41) is 7.10. The summed E-state index contributed by atoms with van der Waals surface area (Å²) in [7, 11) is 1.81. The van der Waals surface area contributed by atoms with Crippen molar-refractivity contribution in [2.24, 2.45) is 12.8 Å². The largest absolute Gasteiger partial charge is 0.339 e. The molecule has 2 atom stereocenters. The maximum absolute atomic E-state index is 12.7. The number of nitrogens with zero attached hydrogens (tertiary/aromatic N) is 5. The van der Waals surface area contributed by atoms with Crippen LogP contribution in [0.3, 0.4) is 0 Å². The molecule has 1 fully saturated rings. The summed E-state index contributed by atoms with van der Waals surface area (Å²) in [5.74, 6) is 1.19. The molecule has 138 valence electrons. The lowest BCUT2D eigenvalue weighted by molar-refractivity contribution is -0.118. The van der Waals surface area contributed by atoms with Gasteiger partial charge in [-0.3, -0.25) is 19.2 Å². The number of carbonyl (C=O) groups excluding carboxylic acids is 2. The van der Waals surface area contributed by atoms with E-state index in [9.17, 15) is 9.59 Å². The number of imidazole rings is 1. The van der Waals surface area contributed by atoms with Crippen LogP contribution in [0.5, 0.6) is 0 Å². The van der Waals surface area contributed by atoms with E-state index in [0.29, 0.717) is 25.2 Å². The molecule has 2 amide bonds. The van der Waals surface area contributed by atoms with Gasteiger partial charge in [0.1, 0.15) is 23.4 Å². The average Bonchev–Trinajstić information content (AvgIpc) is 3.25. The van der Waals surface area contributed by atoms with E-state index in [1.807, 2.05) is 24.6 Å². The average molecular weight is 357 g/mol. The number of aryl methyl sites for hydroxylation is 3. The molecule has 0 aliphatic carbocycles. The van der Waals surface area contributed by atoms with Gasteiger partial charge in [0, 0.05) is 44.9 Å². The maximum atomic E-state index is 12.7. The molecule has 0 saturated carbocycles. The second-order valence-corrected chi connectivity index (χ2v) is 7.07. The number of carbonyl (C=O) groups is 2. The van der Waals surface area contributed by atoms with Crippen molar-refractivity contribution in [1.29, 1.82) is 0 Å². The molecule has 2 unspecified atom stereocenters. The van der Waals surface area contributed by atoms with Gasteiger partial charge in [0.2, 0.25) is 0 Å². The standard InChI is InChI=1S/C17H23N7O2/c1-10-7-15(22(2)21-10)24-6-5-12(17(24)26)20-16(25)13-9-23-8-11(18)3-4-14(23)19-13/h7,9,11-12H,3-6,8,18H2,1-2H3,(H,20,25). The van der Waals surface area contributed by atoms with Gasteiger partial charge in [-0.25, -0.2) is 4.98 Å². The second kappa shape index (κ2) is 6.24. The van der Waals surface area contributed by atoms with Gasteiger partial charge in [0.15, 0.2) is 0 Å². The molecular formula is C17H23N7O2. The zero-order valence-electron chi connectivity index (χ0n) is 15.0. The van der Waals surface area contributed by atoms with Crippen molar-refractivity contribution in [3.8, 4) is 0 Å². The zero-order valence-corrected chi connectivity index (χ0v) is 15.0. The van der Waals surface area contributed by atoms with E-state index in [1.165, 1.54) is 0 Å². The fraction of sp³-hybridized carbons (Fsp3) is 0.529. The Morgan fingerprint density at radius 2 is 2.19 bits per heavy atom. The third-order valence-electron chi connectivity index (χ3n) is 5.03. The highest BCUT2D eigenvalue weighted by Gasteiger charge is 2.35. The molecule has 9 nitrogen and oxygen atoms in total. The van der Waals surface area contributed by atoms with Crippen molar-refractivity contribution >= 4 is 17.6 Å². The number of hydrogen-bond donors (Lipinski definition) is 2. The lowest BCUT2D eigenvalue weighted by atomic mass is 10.1. The van der Waals surface area contributed by atoms with E-state index < -0.39 is 6.04 Å². The first-order chi connectivity index (χ1) is 12.4. The molecule has 2 aliphatic rings. The Kier molecular flexibility index (Phi) is 4.03. The quantitative estimate of drug-likeness (QED) is 0.786. The normalized spacial score (nSPS) is 22.6. The Labute approximate surface area is 151 Å². The minimum Gasteiger partial charge on any atom is -0.339 e. The van der Waals surface area contributed by atoms with Gasteiger partial charge in [0.25, 0.3) is 11.8 Å². The smallest absolute Gasteiger partial charge is 0.272 e. The fourth-order valence-corrected chi connectivity index (χ4v) is 3.70. The number of nitrogens with two attached hydrogens (primary N) is 1. The highest BCUT2D eigenvalue weighted by atomic mass is 16.2. The van der Waals surface area contributed by atoms with Crippen molar-refractivity contribution in [3.05, 3.63) is 29.5 Å². The van der Waals surface area contributed by atoms with E-state index in [4.69, 9.17) is 5.73 Å². The molecule has 2 aromatic heterocycles. The molecule has 0 spiro atoms. The second-order valence-electron chi connectivity index (χ2n) is 7.07. The van der Waals surface area contributed by atoms with Crippen LogP contribution in [0.4, 0.5) is 5.82 Å². The molecule has 4 heterocycles. The monoisotopic (exact) mass is 357 g/mol. The van der Waals surface area contributed by atoms with Crippen LogP contribution in [-0.2, 0) is 24.8 Å². The van der Waals surface area contributed by atoms with Gasteiger partial charge >= 0.3 is 0 Å². The number of anilines is 1. The summed E-state index contributed by atoms with van der Waals surface area (Å²) in [6.07, 6.45) is 3.93. The van der Waals surface area contributed by atoms with Gasteiger partial charge in [-0.2, -0.15) is 5.10 Å². The lowest BCUT2D eigenvalue weighted by Crippen LogP contribution is -2.42. The number of amides is 2. The first-order valence-electron chi connectivity index (χ1n) is 8.87. The fourth-order valence-electron chi connectivity index (χ4n) is 3.70. The van der Waals surface area contributed by atoms with Crippen molar-refractivity contribution in [1.82, 2.24) is 24.6 Å². The van der Waals surface area contributed by atoms with Crippen molar-refractivity contribution in [2.45, 2.75) is 44.8 Å². The van der Waals surface area contributed by atoms with Gasteiger partial charge in [-0.15, -0.1) is 0 Å². The molecule has 1 saturated heterocycles. The van der Waals surface area contributed by atoms with Crippen LogP contribution in [0.1, 0.15) is 34.8 Å². The summed E-state index contributed by atoms with van der Waals surface area (Å²) < 4.78 is 3.62. The summed E-state index contributed by atoms with van der Waals surface area (Å²) >= 11 is 0. The van der Waals surface area contributed by atoms with Crippen molar-refractivity contribution < 1.29 is 9.59 Å². The summed E-state index contributed by atoms with van der Waals surface area (Å²) in [4.78, 5) is 31.3. The molecule has 2 aliphatic heterocycles. The first-order valence-corrected chi connectivity index (χ1v) is 8.87. The highest BCUT2D eigenvalue weighted by molar-refractivity contribution is 6.03. The highest BCUT2D eigenvalue weighted by Crippen LogP contribution is 2.22. The third-order valence-corrected chi connectivity index (χ3v) is 5.03. The maximum Gasteiger partial charge on any atom is 0.272 e. The topological polar surface area (TPSA) is 111 Å². The molecule has 0 bridgehead atoms. The minimum atomic E-state index is -0.543. The third kappa shape index (κ3) is 2.88. The molecule has 3 N–H and O–H groups in total. The number of aromatic nitrogens is 4. The molecule has 26 heavy (non-hydrogen) atoms. The van der Waals surface area contributed by atoms with Crippen LogP contribution in [-0.4, -0.2) is 49.8 Å². The predicted molar refractivity (Wildman–Crippen MR) is 94.7 cm³/mol. The molecule has 2 aromatic rings. The molecular weight excluding hydrogens is 334 g/mol. The Bertz CT molecular complexity index is 869. The Morgan fingerprint density at radius 1 is 1.38 bits per heavy atom. The predicted octanol–water partition coefficient (Wildman–Crippen LogP) is -0.266. The number of fused-ring (bicyclic) bond motifs is 1. The summed E-state index contributed by atoms with van der Waals surface area (Å²) in [5.41, 5.74) is 7.16. The summed E-state index contributed by atoms with van der Waals surface area (Å²) in [6.45, 7) is 3.11. The zero-order chi connectivity index (χ0) is 18.4. The van der Waals surface area contributed by atoms with E-state index in [2.05, 4.69) is 15.4 Å². The number of nitrogens with one attached hydrogen (secondary N) is 1. The van der Waals surface area contributed by atoms with E-state index in [1.54, 1.807) is 15.8 Å². The Balaban J connectivity index is 1.45. The van der Waals surface area contributed by atoms with E-state index in [0.717, 1.165) is 30.2 Å². The summed E-state index contributed by atoms with van der Waals surface area (Å²) in [6, 6.07) is 1.42. The van der Waals surface area contributed by atoms with Crippen LogP contribution in [0, 0.1) is 6.92 Å². The molecule has 0 radical (unpaired) electrons. The van der Waals surface area contributed by atoms with E-state index in [-0.39, 0.29) is 17.9 Å². The van der Waals surface area contributed by atoms with Gasteiger partial charge in [0.05, 0.1) is 5.69 Å². The van der Waals surface area contributed by atoms with Gasteiger partial charge in [-0.05, 0) is 19.8 Å². The minimum absolute atomic E-state index is 0.0972. The number of rotatable bonds is 3. The molecule has 0 aromatic carbocycles. The van der Waals surface area contributed by atoms with Gasteiger partial charge < -0.3 is 15.6 Å². The van der Waals surface area contributed by atoms with Crippen molar-refractivity contribution in [3.63, 3.8) is 0 Å². The lowest BCUT2D eigenvalue weighted by Gasteiger charge is -2.19. The first kappa shape index (κ1) is 16.8. The van der Waals surface area contributed by atoms with Crippen molar-refractivity contribution in [2.75, 3.05) is 11.4 Å². The Hall–Kier alpha value is -2.68. The SMILES string of the molecule is Cc1cc(N2CCC(NC(=O)c3cn4c(n3)CCC(N)C4)C2=O)n(C)n1. The molecule has 9 heteroatoms. The molecule has 4 rings (SSSR count). The van der Waals surface area contributed by atoms with Crippen LogP contribution in [0.2, 0.25) is 0 Å². The van der Waals surface area contributed by atoms with Gasteiger partial charge in [-0.1, -0.05) is 0 Å². The van der Waals surface area contributed by atoms with Crippen LogP contribution >= 0.6 is 0 Å².